The van der Waals surface area contributed by atoms with Crippen molar-refractivity contribution in [2.45, 2.75) is 25.1 Å². The van der Waals surface area contributed by atoms with E-state index in [9.17, 15) is 13.2 Å². The number of anilines is 1. The molecule has 0 amide bonds. The van der Waals surface area contributed by atoms with Gasteiger partial charge in [0.1, 0.15) is 11.6 Å². The standard InChI is InChI=1S/C15H13ClF3N3O/c16-9-3-4-10-11(2-1-7-23-12(10)8-9)20-14-6-5-13(21-22-14)15(17,18)19/h3-6,8,11H,1-2,7H2,(H,20,22). The molecule has 0 bridgehead atoms. The average molecular weight is 344 g/mol. The summed E-state index contributed by atoms with van der Waals surface area (Å²) in [5.41, 5.74) is -0.118. The summed E-state index contributed by atoms with van der Waals surface area (Å²) in [6.45, 7) is 0.560. The van der Waals surface area contributed by atoms with Crippen LogP contribution in [0.3, 0.4) is 0 Å². The van der Waals surface area contributed by atoms with Gasteiger partial charge in [-0.2, -0.15) is 13.2 Å². The van der Waals surface area contributed by atoms with Gasteiger partial charge in [0.2, 0.25) is 0 Å². The maximum Gasteiger partial charge on any atom is 0.435 e. The first-order valence-electron chi connectivity index (χ1n) is 7.03. The van der Waals surface area contributed by atoms with Crippen LogP contribution in [0, 0.1) is 0 Å². The molecule has 0 radical (unpaired) electrons. The normalized spacial score (nSPS) is 17.8. The molecule has 1 atom stereocenters. The third-order valence-electron chi connectivity index (χ3n) is 3.52. The number of fused-ring (bicyclic) bond motifs is 1. The van der Waals surface area contributed by atoms with Crippen LogP contribution in [0.2, 0.25) is 5.02 Å². The number of benzene rings is 1. The van der Waals surface area contributed by atoms with Crippen LogP contribution in [0.1, 0.15) is 30.1 Å². The molecule has 1 unspecified atom stereocenters. The molecule has 0 spiro atoms. The van der Waals surface area contributed by atoms with E-state index in [1.165, 1.54) is 6.07 Å². The first kappa shape index (κ1) is 15.9. The molecule has 1 aliphatic rings. The Bertz CT molecular complexity index is 691. The molecule has 122 valence electrons. The topological polar surface area (TPSA) is 47.0 Å². The maximum absolute atomic E-state index is 12.5. The quantitative estimate of drug-likeness (QED) is 0.873. The molecule has 4 nitrogen and oxygen atoms in total. The highest BCUT2D eigenvalue weighted by Crippen LogP contribution is 2.35. The summed E-state index contributed by atoms with van der Waals surface area (Å²) >= 11 is 5.97. The minimum absolute atomic E-state index is 0.129. The first-order chi connectivity index (χ1) is 10.9. The molecule has 2 heterocycles. The molecular weight excluding hydrogens is 331 g/mol. The van der Waals surface area contributed by atoms with Gasteiger partial charge in [-0.15, -0.1) is 10.2 Å². The van der Waals surface area contributed by atoms with E-state index in [4.69, 9.17) is 16.3 Å². The molecular formula is C15H13ClF3N3O. The molecule has 0 fully saturated rings. The Morgan fingerprint density at radius 2 is 2.00 bits per heavy atom. The van der Waals surface area contributed by atoms with Crippen LogP contribution >= 0.6 is 11.6 Å². The van der Waals surface area contributed by atoms with E-state index >= 15 is 0 Å². The van der Waals surface area contributed by atoms with Crippen molar-refractivity contribution in [3.05, 3.63) is 46.6 Å². The number of nitrogens with one attached hydrogen (secondary N) is 1. The molecule has 0 aliphatic carbocycles. The molecule has 1 aromatic carbocycles. The summed E-state index contributed by atoms with van der Waals surface area (Å²) in [6, 6.07) is 7.38. The van der Waals surface area contributed by atoms with Gasteiger partial charge in [0, 0.05) is 10.6 Å². The second kappa shape index (κ2) is 6.23. The van der Waals surface area contributed by atoms with Crippen LogP contribution in [-0.4, -0.2) is 16.8 Å². The lowest BCUT2D eigenvalue weighted by atomic mass is 10.0. The third-order valence-corrected chi connectivity index (χ3v) is 3.76. The first-order valence-corrected chi connectivity index (χ1v) is 7.41. The lowest BCUT2D eigenvalue weighted by Crippen LogP contribution is -2.14. The van der Waals surface area contributed by atoms with E-state index in [0.717, 1.165) is 24.5 Å². The van der Waals surface area contributed by atoms with Crippen molar-refractivity contribution in [1.82, 2.24) is 10.2 Å². The highest BCUT2D eigenvalue weighted by Gasteiger charge is 2.33. The molecule has 1 aromatic heterocycles. The van der Waals surface area contributed by atoms with Crippen LogP contribution in [-0.2, 0) is 6.18 Å². The minimum Gasteiger partial charge on any atom is -0.493 e. The fourth-order valence-corrected chi connectivity index (χ4v) is 2.60. The van der Waals surface area contributed by atoms with E-state index in [1.54, 1.807) is 12.1 Å². The van der Waals surface area contributed by atoms with Crippen molar-refractivity contribution < 1.29 is 17.9 Å². The van der Waals surface area contributed by atoms with Crippen LogP contribution in [0.25, 0.3) is 0 Å². The van der Waals surface area contributed by atoms with Gasteiger partial charge < -0.3 is 10.1 Å². The molecule has 8 heteroatoms. The van der Waals surface area contributed by atoms with E-state index in [-0.39, 0.29) is 11.9 Å². The highest BCUT2D eigenvalue weighted by molar-refractivity contribution is 6.30. The lowest BCUT2D eigenvalue weighted by molar-refractivity contribution is -0.141. The number of aromatic nitrogens is 2. The number of alkyl halides is 3. The summed E-state index contributed by atoms with van der Waals surface area (Å²) in [5.74, 6) is 0.957. The highest BCUT2D eigenvalue weighted by atomic mass is 35.5. The van der Waals surface area contributed by atoms with Gasteiger partial charge in [-0.3, -0.25) is 0 Å². The summed E-state index contributed by atoms with van der Waals surface area (Å²) in [6.07, 6.45) is -2.93. The molecule has 3 rings (SSSR count). The molecule has 1 aliphatic heterocycles. The van der Waals surface area contributed by atoms with Gasteiger partial charge in [-0.25, -0.2) is 0 Å². The molecule has 23 heavy (non-hydrogen) atoms. The number of nitrogens with zero attached hydrogens (tertiary/aromatic N) is 2. The fourth-order valence-electron chi connectivity index (χ4n) is 2.44. The SMILES string of the molecule is FC(F)(F)c1ccc(NC2CCCOc3cc(Cl)ccc32)nn1. The summed E-state index contributed by atoms with van der Waals surface area (Å²) in [4.78, 5) is 0. The van der Waals surface area contributed by atoms with Crippen LogP contribution in [0.15, 0.2) is 30.3 Å². The Balaban J connectivity index is 1.83. The summed E-state index contributed by atoms with van der Waals surface area (Å²) in [7, 11) is 0. The van der Waals surface area contributed by atoms with Crippen LogP contribution in [0.5, 0.6) is 5.75 Å². The van der Waals surface area contributed by atoms with Gasteiger partial charge >= 0.3 is 6.18 Å². The van der Waals surface area contributed by atoms with E-state index in [0.29, 0.717) is 17.4 Å². The number of halogens is 4. The lowest BCUT2D eigenvalue weighted by Gasteiger charge is -2.19. The number of hydrogen-bond donors (Lipinski definition) is 1. The Labute approximate surface area is 135 Å². The molecule has 2 aromatic rings. The van der Waals surface area contributed by atoms with Crippen molar-refractivity contribution >= 4 is 17.4 Å². The largest absolute Gasteiger partial charge is 0.493 e. The minimum atomic E-state index is -4.50. The van der Waals surface area contributed by atoms with Crippen molar-refractivity contribution in [2.24, 2.45) is 0 Å². The second-order valence-corrected chi connectivity index (χ2v) is 5.61. The van der Waals surface area contributed by atoms with Crippen LogP contribution < -0.4 is 10.1 Å². The zero-order valence-corrected chi connectivity index (χ0v) is 12.7. The Morgan fingerprint density at radius 3 is 2.70 bits per heavy atom. The zero-order valence-electron chi connectivity index (χ0n) is 11.9. The number of ether oxygens (including phenoxy) is 1. The number of rotatable bonds is 2. The Morgan fingerprint density at radius 1 is 1.17 bits per heavy atom. The van der Waals surface area contributed by atoms with E-state index in [2.05, 4.69) is 15.5 Å². The maximum atomic E-state index is 12.5. The van der Waals surface area contributed by atoms with E-state index in [1.807, 2.05) is 6.07 Å². The van der Waals surface area contributed by atoms with Crippen molar-refractivity contribution in [1.29, 1.82) is 0 Å². The third kappa shape index (κ3) is 3.67. The molecule has 1 N–H and O–H groups in total. The van der Waals surface area contributed by atoms with Gasteiger partial charge in [-0.05, 0) is 37.1 Å². The van der Waals surface area contributed by atoms with Gasteiger partial charge in [0.25, 0.3) is 0 Å². The average Bonchev–Trinajstić information content (AvgIpc) is 2.69. The van der Waals surface area contributed by atoms with E-state index < -0.39 is 11.9 Å². The predicted octanol–water partition coefficient (Wildman–Crippen LogP) is 4.47. The summed E-state index contributed by atoms with van der Waals surface area (Å²) < 4.78 is 43.2. The van der Waals surface area contributed by atoms with Crippen molar-refractivity contribution in [3.8, 4) is 5.75 Å². The molecule has 0 saturated heterocycles. The smallest absolute Gasteiger partial charge is 0.435 e. The van der Waals surface area contributed by atoms with Gasteiger partial charge in [0.05, 0.1) is 12.6 Å². The van der Waals surface area contributed by atoms with Crippen molar-refractivity contribution in [3.63, 3.8) is 0 Å². The Hall–Kier alpha value is -2.02. The second-order valence-electron chi connectivity index (χ2n) is 5.17. The summed E-state index contributed by atoms with van der Waals surface area (Å²) in [5, 5.41) is 10.5. The van der Waals surface area contributed by atoms with Gasteiger partial charge in [0.15, 0.2) is 5.69 Å². The Kier molecular flexibility index (Phi) is 4.30. The monoisotopic (exact) mass is 343 g/mol. The van der Waals surface area contributed by atoms with Crippen LogP contribution in [0.4, 0.5) is 19.0 Å². The predicted molar refractivity (Wildman–Crippen MR) is 79.6 cm³/mol. The fraction of sp³-hybridized carbons (Fsp3) is 0.333. The zero-order chi connectivity index (χ0) is 16.4. The van der Waals surface area contributed by atoms with Crippen molar-refractivity contribution in [2.75, 3.05) is 11.9 Å². The van der Waals surface area contributed by atoms with Gasteiger partial charge in [-0.1, -0.05) is 17.7 Å². The number of hydrogen-bond acceptors (Lipinski definition) is 4. The molecule has 0 saturated carbocycles.